The Morgan fingerprint density at radius 3 is 2.55 bits per heavy atom. The lowest BCUT2D eigenvalue weighted by Crippen LogP contribution is -2.51. The van der Waals surface area contributed by atoms with Gasteiger partial charge in [-0.15, -0.1) is 0 Å². The minimum atomic E-state index is -0.311. The molecule has 0 aliphatic carbocycles. The minimum Gasteiger partial charge on any atom is -0.394 e. The fourth-order valence-electron chi connectivity index (χ4n) is 1.65. The van der Waals surface area contributed by atoms with Gasteiger partial charge in [0.05, 0.1) is 6.61 Å². The lowest BCUT2D eigenvalue weighted by molar-refractivity contribution is 0.171. The van der Waals surface area contributed by atoms with E-state index in [0.717, 1.165) is 18.6 Å². The number of aliphatic hydroxyl groups is 1. The molecule has 0 aromatic rings. The summed E-state index contributed by atoms with van der Waals surface area (Å²) in [7, 11) is 0. The van der Waals surface area contributed by atoms with Crippen molar-refractivity contribution in [2.75, 3.05) is 12.4 Å². The first-order valence-electron chi connectivity index (χ1n) is 4.01. The van der Waals surface area contributed by atoms with E-state index >= 15 is 0 Å². The van der Waals surface area contributed by atoms with Crippen LogP contribution in [0.25, 0.3) is 0 Å². The first-order chi connectivity index (χ1) is 4.97. The number of aliphatic hydroxyl groups excluding tert-OH is 1. The van der Waals surface area contributed by atoms with Crippen LogP contribution in [0.3, 0.4) is 0 Å². The quantitative estimate of drug-likeness (QED) is 0.624. The zero-order chi connectivity index (χ0) is 8.54. The van der Waals surface area contributed by atoms with Gasteiger partial charge < -0.3 is 10.8 Å². The highest BCUT2D eigenvalue weighted by Crippen LogP contribution is 2.39. The van der Waals surface area contributed by atoms with Gasteiger partial charge >= 0.3 is 0 Å². The van der Waals surface area contributed by atoms with Crippen LogP contribution in [0.1, 0.15) is 26.7 Å². The van der Waals surface area contributed by atoms with Crippen molar-refractivity contribution in [3.05, 3.63) is 0 Å². The van der Waals surface area contributed by atoms with Gasteiger partial charge in [0.25, 0.3) is 0 Å². The molecule has 0 aromatic heterocycles. The van der Waals surface area contributed by atoms with Crippen molar-refractivity contribution in [3.8, 4) is 0 Å². The van der Waals surface area contributed by atoms with Crippen molar-refractivity contribution < 1.29 is 5.11 Å². The van der Waals surface area contributed by atoms with Crippen LogP contribution >= 0.6 is 11.8 Å². The van der Waals surface area contributed by atoms with Gasteiger partial charge in [0.1, 0.15) is 0 Å². The highest BCUT2D eigenvalue weighted by atomic mass is 32.2. The van der Waals surface area contributed by atoms with E-state index in [4.69, 9.17) is 10.8 Å². The summed E-state index contributed by atoms with van der Waals surface area (Å²) in [5, 5.41) is 9.05. The molecular weight excluding hydrogens is 158 g/mol. The Hall–Kier alpha value is 0.270. The Kier molecular flexibility index (Phi) is 2.52. The molecule has 0 bridgehead atoms. The van der Waals surface area contributed by atoms with Crippen LogP contribution in [0.15, 0.2) is 0 Å². The van der Waals surface area contributed by atoms with E-state index in [-0.39, 0.29) is 16.9 Å². The molecule has 3 N–H and O–H groups in total. The van der Waals surface area contributed by atoms with Crippen LogP contribution < -0.4 is 5.73 Å². The maximum absolute atomic E-state index is 9.05. The summed E-state index contributed by atoms with van der Waals surface area (Å²) in [4.78, 5) is 0. The van der Waals surface area contributed by atoms with E-state index in [0.29, 0.717) is 0 Å². The van der Waals surface area contributed by atoms with Crippen LogP contribution in [-0.2, 0) is 0 Å². The largest absolute Gasteiger partial charge is 0.394 e. The second-order valence-corrected chi connectivity index (χ2v) is 5.86. The fraction of sp³-hybridized carbons (Fsp3) is 1.00. The molecular formula is C8H17NOS. The third-order valence-electron chi connectivity index (χ3n) is 2.19. The molecule has 1 rings (SSSR count). The maximum atomic E-state index is 9.05. The summed E-state index contributed by atoms with van der Waals surface area (Å²) in [5.41, 5.74) is 5.66. The SMILES string of the molecule is CC1(C)CC(N)(CO)CCS1. The molecule has 1 aliphatic rings. The molecule has 1 atom stereocenters. The predicted molar refractivity (Wildman–Crippen MR) is 49.8 cm³/mol. The molecule has 1 unspecified atom stereocenters. The van der Waals surface area contributed by atoms with E-state index in [1.165, 1.54) is 0 Å². The summed E-state index contributed by atoms with van der Waals surface area (Å²) < 4.78 is 0.246. The van der Waals surface area contributed by atoms with E-state index < -0.39 is 0 Å². The smallest absolute Gasteiger partial charge is 0.0612 e. The Morgan fingerprint density at radius 1 is 1.55 bits per heavy atom. The number of nitrogens with two attached hydrogens (primary N) is 1. The molecule has 1 saturated heterocycles. The standard InChI is InChI=1S/C8H17NOS/c1-7(2)5-8(9,6-10)3-4-11-7/h10H,3-6,9H2,1-2H3. The van der Waals surface area contributed by atoms with Gasteiger partial charge in [0, 0.05) is 10.3 Å². The van der Waals surface area contributed by atoms with Crippen LogP contribution in [0.2, 0.25) is 0 Å². The lowest BCUT2D eigenvalue weighted by atomic mass is 9.87. The molecule has 0 saturated carbocycles. The molecule has 2 nitrogen and oxygen atoms in total. The second-order valence-electron chi connectivity index (χ2n) is 4.06. The third-order valence-corrected chi connectivity index (χ3v) is 3.52. The molecule has 0 spiro atoms. The highest BCUT2D eigenvalue weighted by Gasteiger charge is 2.36. The van der Waals surface area contributed by atoms with E-state index in [1.807, 2.05) is 11.8 Å². The molecule has 0 amide bonds. The monoisotopic (exact) mass is 175 g/mol. The summed E-state index contributed by atoms with van der Waals surface area (Å²) in [6, 6.07) is 0. The average molecular weight is 175 g/mol. The van der Waals surface area contributed by atoms with Gasteiger partial charge in [0.15, 0.2) is 0 Å². The van der Waals surface area contributed by atoms with Crippen molar-refractivity contribution >= 4 is 11.8 Å². The van der Waals surface area contributed by atoms with Crippen LogP contribution in [0.5, 0.6) is 0 Å². The summed E-state index contributed by atoms with van der Waals surface area (Å²) in [5.74, 6) is 1.07. The molecule has 11 heavy (non-hydrogen) atoms. The molecule has 1 aliphatic heterocycles. The number of hydrogen-bond donors (Lipinski definition) is 2. The highest BCUT2D eigenvalue weighted by molar-refractivity contribution is 8.00. The zero-order valence-corrected chi connectivity index (χ0v) is 8.08. The number of rotatable bonds is 1. The van der Waals surface area contributed by atoms with Gasteiger partial charge in [-0.25, -0.2) is 0 Å². The second kappa shape index (κ2) is 2.96. The molecule has 1 heterocycles. The lowest BCUT2D eigenvalue weighted by Gasteiger charge is -2.40. The number of hydrogen-bond acceptors (Lipinski definition) is 3. The van der Waals surface area contributed by atoms with Crippen molar-refractivity contribution in [2.24, 2.45) is 5.73 Å². The first kappa shape index (κ1) is 9.36. The Balaban J connectivity index is 2.59. The fourth-order valence-corrected chi connectivity index (χ4v) is 3.10. The zero-order valence-electron chi connectivity index (χ0n) is 7.26. The maximum Gasteiger partial charge on any atom is 0.0612 e. The predicted octanol–water partition coefficient (Wildman–Crippen LogP) is 0.982. The van der Waals surface area contributed by atoms with Crippen molar-refractivity contribution in [1.82, 2.24) is 0 Å². The van der Waals surface area contributed by atoms with Gasteiger partial charge in [-0.05, 0) is 18.6 Å². The van der Waals surface area contributed by atoms with E-state index in [9.17, 15) is 0 Å². The Labute approximate surface area is 72.5 Å². The van der Waals surface area contributed by atoms with Gasteiger partial charge in [0.2, 0.25) is 0 Å². The topological polar surface area (TPSA) is 46.2 Å². The van der Waals surface area contributed by atoms with Gasteiger partial charge in [-0.1, -0.05) is 13.8 Å². The van der Waals surface area contributed by atoms with E-state index in [1.54, 1.807) is 0 Å². The first-order valence-corrected chi connectivity index (χ1v) is 5.00. The van der Waals surface area contributed by atoms with Crippen molar-refractivity contribution in [3.63, 3.8) is 0 Å². The molecule has 0 radical (unpaired) electrons. The Morgan fingerprint density at radius 2 is 2.18 bits per heavy atom. The summed E-state index contributed by atoms with van der Waals surface area (Å²) in [6.07, 6.45) is 1.86. The average Bonchev–Trinajstić information content (AvgIpc) is 1.85. The number of thioether (sulfide) groups is 1. The normalized spacial score (nSPS) is 37.1. The summed E-state index contributed by atoms with van der Waals surface area (Å²) >= 11 is 1.95. The van der Waals surface area contributed by atoms with Crippen molar-refractivity contribution in [1.29, 1.82) is 0 Å². The van der Waals surface area contributed by atoms with Gasteiger partial charge in [-0.2, -0.15) is 11.8 Å². The van der Waals surface area contributed by atoms with Crippen LogP contribution in [0.4, 0.5) is 0 Å². The molecule has 3 heteroatoms. The molecule has 0 aromatic carbocycles. The van der Waals surface area contributed by atoms with Crippen molar-refractivity contribution in [2.45, 2.75) is 37.0 Å². The minimum absolute atomic E-state index is 0.122. The van der Waals surface area contributed by atoms with E-state index in [2.05, 4.69) is 13.8 Å². The van der Waals surface area contributed by atoms with Gasteiger partial charge in [-0.3, -0.25) is 0 Å². The Bertz CT molecular complexity index is 149. The summed E-state index contributed by atoms with van der Waals surface area (Å²) in [6.45, 7) is 4.50. The van der Waals surface area contributed by atoms with Crippen LogP contribution in [0, 0.1) is 0 Å². The third kappa shape index (κ3) is 2.36. The molecule has 66 valence electrons. The molecule has 1 fully saturated rings. The van der Waals surface area contributed by atoms with Crippen LogP contribution in [-0.4, -0.2) is 27.8 Å².